The number of pyridine rings is 3. The molecule has 0 aliphatic rings. The normalized spacial score (nSPS) is 12.9. The van der Waals surface area contributed by atoms with Gasteiger partial charge in [0.05, 0.1) is 61.6 Å². The molecule has 6 aromatic heterocycles. The van der Waals surface area contributed by atoms with E-state index >= 15 is 0 Å². The maximum Gasteiger partial charge on any atom is 0.138 e. The third kappa shape index (κ3) is 7.81. The molecule has 0 N–H and O–H groups in total. The van der Waals surface area contributed by atoms with Crippen LogP contribution in [0.4, 0.5) is 0 Å². The Morgan fingerprint density at radius 3 is 0.904 bits per heavy atom. The molecule has 6 nitrogen and oxygen atoms in total. The summed E-state index contributed by atoms with van der Waals surface area (Å²) in [5.74, 6) is 1.68. The third-order valence-corrected chi connectivity index (χ3v) is 15.1. The summed E-state index contributed by atoms with van der Waals surface area (Å²) in [6.45, 7) is 27.4. The number of para-hydroxylation sites is 2. The standard InChI is InChI=1S/C67H64N6/c1-64(2,3)41-27-31-58-48(35-41)49-36-42(65(4,5)6)28-32-59(49)72(58)62-25-17-21-52(69-62)54-39-45(71-56-23-15-13-19-46(56)47-20-14-16-24-57(47)71)40-55(68-54)53-22-18-26-63(70-53)73-60-33-29-43(66(7,8)9)37-50(60)51-38-44(67(10,11)12)30-34-61(51)73/h13-40H,1-12H3. The Morgan fingerprint density at radius 2 is 0.575 bits per heavy atom. The monoisotopic (exact) mass is 953 g/mol. The number of nitrogens with zero attached hydrogens (tertiary/aromatic N) is 6. The zero-order valence-electron chi connectivity index (χ0n) is 44.3. The van der Waals surface area contributed by atoms with Gasteiger partial charge in [0, 0.05) is 32.3 Å². The lowest BCUT2D eigenvalue weighted by Gasteiger charge is -2.19. The minimum atomic E-state index is -0.00266. The third-order valence-electron chi connectivity index (χ3n) is 15.1. The summed E-state index contributed by atoms with van der Waals surface area (Å²) in [5, 5.41) is 7.32. The van der Waals surface area contributed by atoms with Gasteiger partial charge in [-0.25, -0.2) is 15.0 Å². The van der Waals surface area contributed by atoms with Crippen molar-refractivity contribution < 1.29 is 0 Å². The molecule has 0 bridgehead atoms. The minimum Gasteiger partial charge on any atom is -0.309 e. The van der Waals surface area contributed by atoms with Crippen molar-refractivity contribution in [2.24, 2.45) is 0 Å². The van der Waals surface area contributed by atoms with E-state index in [9.17, 15) is 0 Å². The van der Waals surface area contributed by atoms with Crippen LogP contribution in [0.1, 0.15) is 105 Å². The van der Waals surface area contributed by atoms with Crippen LogP contribution < -0.4 is 0 Å². The second kappa shape index (κ2) is 16.3. The number of rotatable bonds is 5. The lowest BCUT2D eigenvalue weighted by molar-refractivity contribution is 0.590. The summed E-state index contributed by atoms with van der Waals surface area (Å²) in [7, 11) is 0. The number of benzene rings is 6. The molecule has 6 heterocycles. The highest BCUT2D eigenvalue weighted by Gasteiger charge is 2.25. The van der Waals surface area contributed by atoms with Crippen LogP contribution in [0.3, 0.4) is 0 Å². The second-order valence-corrected chi connectivity index (χ2v) is 24.3. The molecule has 6 aromatic carbocycles. The fraction of sp³-hybridized carbons (Fsp3) is 0.239. The Balaban J connectivity index is 1.08. The van der Waals surface area contributed by atoms with Crippen LogP contribution in [-0.2, 0) is 21.7 Å². The first-order valence-corrected chi connectivity index (χ1v) is 25.9. The summed E-state index contributed by atoms with van der Waals surface area (Å²) in [5.41, 5.74) is 16.0. The summed E-state index contributed by atoms with van der Waals surface area (Å²) in [4.78, 5) is 16.6. The van der Waals surface area contributed by atoms with Crippen molar-refractivity contribution in [1.29, 1.82) is 0 Å². The van der Waals surface area contributed by atoms with Gasteiger partial charge in [-0.05, 0) is 141 Å². The molecule has 0 atom stereocenters. The van der Waals surface area contributed by atoms with E-state index in [0.29, 0.717) is 0 Å². The molecule has 0 amide bonds. The van der Waals surface area contributed by atoms with Gasteiger partial charge in [-0.3, -0.25) is 9.13 Å². The SMILES string of the molecule is CC(C)(C)c1ccc2c(c1)c1cc(C(C)(C)C)ccc1n2-c1cccc(-c2cc(-n3c4ccccc4c4ccccc43)cc(-c3cccc(-n4c5ccc(C(C)(C)C)cc5c5cc(C(C)(C)C)ccc54)n3)n2)n1. The largest absolute Gasteiger partial charge is 0.309 e. The van der Waals surface area contributed by atoms with E-state index in [-0.39, 0.29) is 21.7 Å². The molecule has 12 rings (SSSR count). The summed E-state index contributed by atoms with van der Waals surface area (Å²) < 4.78 is 7.03. The Bertz CT molecular complexity index is 3780. The van der Waals surface area contributed by atoms with Gasteiger partial charge in [-0.2, -0.15) is 0 Å². The van der Waals surface area contributed by atoms with E-state index in [4.69, 9.17) is 15.0 Å². The quantitative estimate of drug-likeness (QED) is 0.173. The fourth-order valence-corrected chi connectivity index (χ4v) is 10.9. The van der Waals surface area contributed by atoms with E-state index < -0.39 is 0 Å². The van der Waals surface area contributed by atoms with Crippen molar-refractivity contribution in [3.05, 3.63) is 192 Å². The Labute approximate surface area is 429 Å². The van der Waals surface area contributed by atoms with Gasteiger partial charge in [0.25, 0.3) is 0 Å². The average molecular weight is 953 g/mol. The van der Waals surface area contributed by atoms with Crippen molar-refractivity contribution in [3.63, 3.8) is 0 Å². The summed E-state index contributed by atoms with van der Waals surface area (Å²) in [6, 6.07) is 62.2. The van der Waals surface area contributed by atoms with Crippen molar-refractivity contribution in [2.75, 3.05) is 0 Å². The first-order chi connectivity index (χ1) is 34.7. The van der Waals surface area contributed by atoms with Crippen LogP contribution in [0, 0.1) is 0 Å². The first kappa shape index (κ1) is 46.3. The Hall–Kier alpha value is -7.83. The summed E-state index contributed by atoms with van der Waals surface area (Å²) >= 11 is 0. The van der Waals surface area contributed by atoms with E-state index in [0.717, 1.165) is 73.2 Å². The highest BCUT2D eigenvalue weighted by Crippen LogP contribution is 2.41. The predicted octanol–water partition coefficient (Wildman–Crippen LogP) is 17.7. The average Bonchev–Trinajstić information content (AvgIpc) is 4.00. The zero-order valence-corrected chi connectivity index (χ0v) is 44.3. The van der Waals surface area contributed by atoms with E-state index in [1.54, 1.807) is 0 Å². The number of fused-ring (bicyclic) bond motifs is 9. The molecule has 0 unspecified atom stereocenters. The molecule has 0 aliphatic heterocycles. The van der Waals surface area contributed by atoms with Gasteiger partial charge in [0.15, 0.2) is 0 Å². The molecule has 0 saturated carbocycles. The van der Waals surface area contributed by atoms with Crippen LogP contribution in [0.15, 0.2) is 170 Å². The highest BCUT2D eigenvalue weighted by atomic mass is 15.1. The van der Waals surface area contributed by atoms with Gasteiger partial charge >= 0.3 is 0 Å². The molecule has 0 radical (unpaired) electrons. The Morgan fingerprint density at radius 1 is 0.260 bits per heavy atom. The minimum absolute atomic E-state index is 0.00266. The van der Waals surface area contributed by atoms with Gasteiger partial charge in [0.2, 0.25) is 0 Å². The van der Waals surface area contributed by atoms with E-state index in [1.165, 1.54) is 54.6 Å². The molecule has 73 heavy (non-hydrogen) atoms. The molecule has 0 spiro atoms. The van der Waals surface area contributed by atoms with Crippen LogP contribution >= 0.6 is 0 Å². The van der Waals surface area contributed by atoms with Gasteiger partial charge in [-0.1, -0.05) is 156 Å². The molecule has 6 heteroatoms. The number of hydrogen-bond donors (Lipinski definition) is 0. The zero-order chi connectivity index (χ0) is 50.9. The maximum atomic E-state index is 5.55. The molecular formula is C67H64N6. The lowest BCUT2D eigenvalue weighted by Crippen LogP contribution is -2.10. The van der Waals surface area contributed by atoms with Crippen molar-refractivity contribution >= 4 is 65.4 Å². The van der Waals surface area contributed by atoms with Crippen LogP contribution in [0.2, 0.25) is 0 Å². The second-order valence-electron chi connectivity index (χ2n) is 24.3. The fourth-order valence-electron chi connectivity index (χ4n) is 10.9. The van der Waals surface area contributed by atoms with E-state index in [2.05, 4.69) is 267 Å². The highest BCUT2D eigenvalue weighted by molar-refractivity contribution is 6.12. The van der Waals surface area contributed by atoms with Gasteiger partial charge in [-0.15, -0.1) is 0 Å². The lowest BCUT2D eigenvalue weighted by atomic mass is 9.85. The predicted molar refractivity (Wildman–Crippen MR) is 309 cm³/mol. The topological polar surface area (TPSA) is 53.5 Å². The molecule has 0 saturated heterocycles. The van der Waals surface area contributed by atoms with Crippen LogP contribution in [0.25, 0.3) is 106 Å². The van der Waals surface area contributed by atoms with Gasteiger partial charge < -0.3 is 4.57 Å². The summed E-state index contributed by atoms with van der Waals surface area (Å²) in [6.07, 6.45) is 0. The molecule has 12 aromatic rings. The van der Waals surface area contributed by atoms with Crippen LogP contribution in [0.5, 0.6) is 0 Å². The number of aromatic nitrogens is 6. The van der Waals surface area contributed by atoms with Crippen molar-refractivity contribution in [3.8, 4) is 40.1 Å². The molecule has 0 aliphatic carbocycles. The molecular weight excluding hydrogens is 889 g/mol. The van der Waals surface area contributed by atoms with Crippen LogP contribution in [-0.4, -0.2) is 28.7 Å². The molecule has 362 valence electrons. The van der Waals surface area contributed by atoms with E-state index in [1.807, 2.05) is 0 Å². The van der Waals surface area contributed by atoms with Crippen molar-refractivity contribution in [2.45, 2.75) is 105 Å². The van der Waals surface area contributed by atoms with Crippen molar-refractivity contribution in [1.82, 2.24) is 28.7 Å². The smallest absolute Gasteiger partial charge is 0.138 e. The maximum absolute atomic E-state index is 5.55. The van der Waals surface area contributed by atoms with Gasteiger partial charge in [0.1, 0.15) is 11.6 Å². The Kier molecular flexibility index (Phi) is 10.4. The number of hydrogen-bond acceptors (Lipinski definition) is 3. The molecule has 0 fully saturated rings. The first-order valence-electron chi connectivity index (χ1n) is 25.9.